The van der Waals surface area contributed by atoms with Gasteiger partial charge in [-0.3, -0.25) is 0 Å². The van der Waals surface area contributed by atoms with Crippen molar-refractivity contribution in [2.75, 3.05) is 0 Å². The highest BCUT2D eigenvalue weighted by atomic mass is 16.5. The molecule has 3 heterocycles. The second-order valence-electron chi connectivity index (χ2n) is 6.86. The van der Waals surface area contributed by atoms with Crippen molar-refractivity contribution < 1.29 is 13.6 Å². The van der Waals surface area contributed by atoms with Gasteiger partial charge in [-0.25, -0.2) is 9.97 Å². The summed E-state index contributed by atoms with van der Waals surface area (Å²) in [5.74, 6) is 2.13. The molecule has 6 nitrogen and oxygen atoms in total. The van der Waals surface area contributed by atoms with E-state index in [-0.39, 0.29) is 0 Å². The molecule has 0 fully saturated rings. The van der Waals surface area contributed by atoms with Gasteiger partial charge < -0.3 is 18.1 Å². The van der Waals surface area contributed by atoms with E-state index >= 15 is 0 Å². The molecule has 148 valence electrons. The largest absolute Gasteiger partial charge is 0.487 e. The first-order chi connectivity index (χ1) is 14.8. The fourth-order valence-corrected chi connectivity index (χ4v) is 3.15. The van der Waals surface area contributed by atoms with Crippen LogP contribution in [0.4, 0.5) is 0 Å². The van der Waals surface area contributed by atoms with Gasteiger partial charge in [-0.2, -0.15) is 0 Å². The summed E-state index contributed by atoms with van der Waals surface area (Å²) >= 11 is 0. The fourth-order valence-electron chi connectivity index (χ4n) is 3.15. The number of benzene rings is 2. The monoisotopic (exact) mass is 397 g/mol. The SMILES string of the molecule is C(=C\c1nc(COc2ccc3cc(Cn4ccnc4)oc3c2)co1)/c1ccccc1. The summed E-state index contributed by atoms with van der Waals surface area (Å²) in [4.78, 5) is 8.49. The van der Waals surface area contributed by atoms with Crippen molar-refractivity contribution in [2.45, 2.75) is 13.2 Å². The number of hydrogen-bond donors (Lipinski definition) is 0. The zero-order valence-corrected chi connectivity index (χ0v) is 16.1. The number of fused-ring (bicyclic) bond motifs is 1. The van der Waals surface area contributed by atoms with Crippen molar-refractivity contribution in [1.82, 2.24) is 14.5 Å². The summed E-state index contributed by atoms with van der Waals surface area (Å²) < 4.78 is 19.3. The minimum Gasteiger partial charge on any atom is -0.487 e. The van der Waals surface area contributed by atoms with Crippen LogP contribution in [0.3, 0.4) is 0 Å². The van der Waals surface area contributed by atoms with Crippen molar-refractivity contribution in [3.8, 4) is 5.75 Å². The molecular weight excluding hydrogens is 378 g/mol. The molecule has 0 amide bonds. The molecule has 30 heavy (non-hydrogen) atoms. The molecule has 0 bridgehead atoms. The number of oxazole rings is 1. The lowest BCUT2D eigenvalue weighted by Gasteiger charge is -2.03. The molecule has 0 atom stereocenters. The van der Waals surface area contributed by atoms with E-state index in [9.17, 15) is 0 Å². The highest BCUT2D eigenvalue weighted by Gasteiger charge is 2.07. The first-order valence-corrected chi connectivity index (χ1v) is 9.60. The average molecular weight is 397 g/mol. The Labute approximate surface area is 173 Å². The number of aromatic nitrogens is 3. The molecule has 3 aromatic heterocycles. The highest BCUT2D eigenvalue weighted by Crippen LogP contribution is 2.25. The van der Waals surface area contributed by atoms with E-state index in [1.165, 1.54) is 0 Å². The van der Waals surface area contributed by atoms with E-state index in [4.69, 9.17) is 13.6 Å². The Bertz CT molecular complexity index is 1270. The van der Waals surface area contributed by atoms with Crippen molar-refractivity contribution in [1.29, 1.82) is 0 Å². The molecule has 0 saturated carbocycles. The van der Waals surface area contributed by atoms with E-state index in [1.807, 2.05) is 77.5 Å². The summed E-state index contributed by atoms with van der Waals surface area (Å²) in [5.41, 5.74) is 2.60. The lowest BCUT2D eigenvalue weighted by atomic mass is 10.2. The number of ether oxygens (including phenoxy) is 1. The Balaban J connectivity index is 1.23. The predicted molar refractivity (Wildman–Crippen MR) is 114 cm³/mol. The van der Waals surface area contributed by atoms with Crippen molar-refractivity contribution in [3.63, 3.8) is 0 Å². The minimum atomic E-state index is 0.316. The van der Waals surface area contributed by atoms with Gasteiger partial charge >= 0.3 is 0 Å². The van der Waals surface area contributed by atoms with Crippen molar-refractivity contribution in [3.05, 3.63) is 102 Å². The smallest absolute Gasteiger partial charge is 0.218 e. The lowest BCUT2D eigenvalue weighted by molar-refractivity contribution is 0.301. The number of furan rings is 1. The van der Waals surface area contributed by atoms with E-state index in [0.717, 1.165) is 33.7 Å². The van der Waals surface area contributed by atoms with Crippen LogP contribution in [-0.4, -0.2) is 14.5 Å². The topological polar surface area (TPSA) is 66.2 Å². The number of imidazole rings is 1. The zero-order valence-electron chi connectivity index (χ0n) is 16.1. The first-order valence-electron chi connectivity index (χ1n) is 9.60. The molecule has 0 spiro atoms. The van der Waals surface area contributed by atoms with Gasteiger partial charge in [0.05, 0.1) is 12.9 Å². The van der Waals surface area contributed by atoms with Crippen LogP contribution in [0, 0.1) is 0 Å². The van der Waals surface area contributed by atoms with Crippen LogP contribution in [0.2, 0.25) is 0 Å². The van der Waals surface area contributed by atoms with Crippen LogP contribution >= 0.6 is 0 Å². The summed E-state index contributed by atoms with van der Waals surface area (Å²) in [6, 6.07) is 17.8. The van der Waals surface area contributed by atoms with Gasteiger partial charge in [-0.05, 0) is 29.8 Å². The fraction of sp³-hybridized carbons (Fsp3) is 0.0833. The molecule has 0 aliphatic carbocycles. The normalized spacial score (nSPS) is 11.5. The number of rotatable bonds is 7. The Hall–Kier alpha value is -4.06. The highest BCUT2D eigenvalue weighted by molar-refractivity contribution is 5.79. The van der Waals surface area contributed by atoms with Crippen LogP contribution in [0.5, 0.6) is 5.75 Å². The third kappa shape index (κ3) is 4.17. The molecule has 0 aliphatic rings. The Morgan fingerprint density at radius 2 is 1.97 bits per heavy atom. The Morgan fingerprint density at radius 3 is 2.83 bits per heavy atom. The number of hydrogen-bond acceptors (Lipinski definition) is 5. The van der Waals surface area contributed by atoms with E-state index in [0.29, 0.717) is 19.0 Å². The first kappa shape index (κ1) is 18.0. The molecule has 5 rings (SSSR count). The van der Waals surface area contributed by atoms with E-state index in [2.05, 4.69) is 9.97 Å². The van der Waals surface area contributed by atoms with Gasteiger partial charge in [0.15, 0.2) is 0 Å². The predicted octanol–water partition coefficient (Wildman–Crippen LogP) is 5.42. The van der Waals surface area contributed by atoms with Gasteiger partial charge in [0, 0.05) is 29.9 Å². The van der Waals surface area contributed by atoms with Crippen molar-refractivity contribution >= 4 is 23.1 Å². The summed E-state index contributed by atoms with van der Waals surface area (Å²) in [5, 5.41) is 1.03. The van der Waals surface area contributed by atoms with Gasteiger partial charge in [0.2, 0.25) is 5.89 Å². The number of nitrogens with zero attached hydrogens (tertiary/aromatic N) is 3. The van der Waals surface area contributed by atoms with Crippen LogP contribution in [0.25, 0.3) is 23.1 Å². The van der Waals surface area contributed by atoms with Gasteiger partial charge in [0.1, 0.15) is 35.7 Å². The molecule has 0 saturated heterocycles. The van der Waals surface area contributed by atoms with Crippen LogP contribution in [0.1, 0.15) is 22.9 Å². The second kappa shape index (κ2) is 8.13. The minimum absolute atomic E-state index is 0.316. The average Bonchev–Trinajstić information content (AvgIpc) is 3.52. The van der Waals surface area contributed by atoms with E-state index < -0.39 is 0 Å². The summed E-state index contributed by atoms with van der Waals surface area (Å²) in [6.07, 6.45) is 10.8. The Kier molecular flexibility index (Phi) is 4.88. The van der Waals surface area contributed by atoms with Crippen LogP contribution < -0.4 is 4.74 Å². The molecular formula is C24H19N3O3. The van der Waals surface area contributed by atoms with Crippen LogP contribution in [0.15, 0.2) is 88.4 Å². The summed E-state index contributed by atoms with van der Waals surface area (Å²) in [6.45, 7) is 0.958. The molecule has 0 radical (unpaired) electrons. The van der Waals surface area contributed by atoms with Crippen molar-refractivity contribution in [2.24, 2.45) is 0 Å². The maximum Gasteiger partial charge on any atom is 0.218 e. The molecule has 6 heteroatoms. The molecule has 0 aliphatic heterocycles. The van der Waals surface area contributed by atoms with Gasteiger partial charge in [0.25, 0.3) is 0 Å². The molecule has 2 aromatic carbocycles. The standard InChI is InChI=1S/C24H19N3O3/c1-2-4-18(5-3-1)6-9-24-26-20(16-29-24)15-28-21-8-7-19-12-22(30-23(19)13-21)14-27-11-10-25-17-27/h1-13,16-17H,14-15H2/b9-6+. The maximum atomic E-state index is 5.94. The van der Waals surface area contributed by atoms with Gasteiger partial charge in [-0.1, -0.05) is 30.3 Å². The molecule has 5 aromatic rings. The summed E-state index contributed by atoms with van der Waals surface area (Å²) in [7, 11) is 0. The van der Waals surface area contributed by atoms with E-state index in [1.54, 1.807) is 18.8 Å². The maximum absolute atomic E-state index is 5.94. The third-order valence-corrected chi connectivity index (χ3v) is 4.61. The Morgan fingerprint density at radius 1 is 1.03 bits per heavy atom. The quantitative estimate of drug-likeness (QED) is 0.367. The lowest BCUT2D eigenvalue weighted by Crippen LogP contribution is -1.95. The second-order valence-corrected chi connectivity index (χ2v) is 6.86. The van der Waals surface area contributed by atoms with Gasteiger partial charge in [-0.15, -0.1) is 0 Å². The molecule has 0 unspecified atom stereocenters. The molecule has 0 N–H and O–H groups in total. The zero-order chi connectivity index (χ0) is 20.2. The third-order valence-electron chi connectivity index (χ3n) is 4.61. The van der Waals surface area contributed by atoms with Crippen LogP contribution in [-0.2, 0) is 13.2 Å².